The van der Waals surface area contributed by atoms with Gasteiger partial charge in [0.15, 0.2) is 5.69 Å². The van der Waals surface area contributed by atoms with Crippen molar-refractivity contribution in [3.05, 3.63) is 54.1 Å². The molecule has 1 fully saturated rings. The molecule has 0 unspecified atom stereocenters. The molecule has 11 heteroatoms. The monoisotopic (exact) mass is 444 g/mol. The fourth-order valence-corrected chi connectivity index (χ4v) is 4.13. The molecule has 32 heavy (non-hydrogen) atoms. The lowest BCUT2D eigenvalue weighted by Gasteiger charge is -2.15. The van der Waals surface area contributed by atoms with Crippen LogP contribution in [0.1, 0.15) is 30.0 Å². The maximum absolute atomic E-state index is 12.9. The average molecular weight is 444 g/mol. The van der Waals surface area contributed by atoms with Gasteiger partial charge in [-0.1, -0.05) is 6.08 Å². The number of anilines is 2. The van der Waals surface area contributed by atoms with Gasteiger partial charge >= 0.3 is 6.18 Å². The minimum atomic E-state index is -4.41. The molecule has 3 aromatic rings. The summed E-state index contributed by atoms with van der Waals surface area (Å²) in [5, 5.41) is 18.7. The van der Waals surface area contributed by atoms with E-state index in [2.05, 4.69) is 32.5 Å². The van der Waals surface area contributed by atoms with Gasteiger partial charge in [-0.25, -0.2) is 0 Å². The van der Waals surface area contributed by atoms with Crippen LogP contribution in [-0.2, 0) is 29.4 Å². The summed E-state index contributed by atoms with van der Waals surface area (Å²) < 4.78 is 46.3. The van der Waals surface area contributed by atoms with Gasteiger partial charge in [0.2, 0.25) is 11.8 Å². The van der Waals surface area contributed by atoms with Gasteiger partial charge in [0.25, 0.3) is 5.89 Å². The molecule has 5 rings (SSSR count). The molecule has 8 nitrogen and oxygen atoms in total. The number of halogens is 3. The Morgan fingerprint density at radius 1 is 1.25 bits per heavy atom. The van der Waals surface area contributed by atoms with Gasteiger partial charge in [-0.2, -0.15) is 18.3 Å². The highest BCUT2D eigenvalue weighted by Gasteiger charge is 2.46. The first-order valence-electron chi connectivity index (χ1n) is 10.1. The SMILES string of the molecule is C=C[C@@]1(c2nnc(-c3nn4c(c3Nc3ccc(C(F)(F)F)cc3)CCC4)o2)CCNC1=O. The van der Waals surface area contributed by atoms with Gasteiger partial charge in [-0.15, -0.1) is 16.8 Å². The van der Waals surface area contributed by atoms with E-state index in [-0.39, 0.29) is 17.7 Å². The lowest BCUT2D eigenvalue weighted by atomic mass is 9.86. The maximum Gasteiger partial charge on any atom is 0.416 e. The Labute approximate surface area is 180 Å². The van der Waals surface area contributed by atoms with Crippen LogP contribution >= 0.6 is 0 Å². The van der Waals surface area contributed by atoms with Crippen LogP contribution in [0.4, 0.5) is 24.5 Å². The molecule has 166 valence electrons. The number of fused-ring (bicyclic) bond motifs is 1. The van der Waals surface area contributed by atoms with Crippen molar-refractivity contribution in [2.24, 2.45) is 0 Å². The lowest BCUT2D eigenvalue weighted by molar-refractivity contribution is -0.137. The summed E-state index contributed by atoms with van der Waals surface area (Å²) in [4.78, 5) is 12.4. The molecule has 1 saturated heterocycles. The molecule has 2 aliphatic heterocycles. The number of aromatic nitrogens is 4. The molecule has 0 bridgehead atoms. The third-order valence-electron chi connectivity index (χ3n) is 5.89. The third-order valence-corrected chi connectivity index (χ3v) is 5.89. The first-order valence-corrected chi connectivity index (χ1v) is 10.1. The first kappa shape index (κ1) is 20.3. The fourth-order valence-electron chi connectivity index (χ4n) is 4.13. The van der Waals surface area contributed by atoms with Crippen molar-refractivity contribution in [3.63, 3.8) is 0 Å². The Morgan fingerprint density at radius 2 is 2.03 bits per heavy atom. The second-order valence-corrected chi connectivity index (χ2v) is 7.79. The van der Waals surface area contributed by atoms with Crippen molar-refractivity contribution in [1.82, 2.24) is 25.3 Å². The van der Waals surface area contributed by atoms with Crippen molar-refractivity contribution >= 4 is 17.3 Å². The molecule has 0 aliphatic carbocycles. The first-order chi connectivity index (χ1) is 15.3. The highest BCUT2D eigenvalue weighted by Crippen LogP contribution is 2.39. The lowest BCUT2D eigenvalue weighted by Crippen LogP contribution is -2.33. The van der Waals surface area contributed by atoms with Gasteiger partial charge in [0, 0.05) is 18.8 Å². The molecule has 4 heterocycles. The number of carbonyl (C=O) groups is 1. The number of nitrogens with one attached hydrogen (secondary N) is 2. The number of aryl methyl sites for hydroxylation is 1. The zero-order valence-corrected chi connectivity index (χ0v) is 16.9. The van der Waals surface area contributed by atoms with E-state index < -0.39 is 17.2 Å². The van der Waals surface area contributed by atoms with E-state index in [1.165, 1.54) is 18.2 Å². The number of hydrogen-bond donors (Lipinski definition) is 2. The average Bonchev–Trinajstić information content (AvgIpc) is 3.53. The number of alkyl halides is 3. The summed E-state index contributed by atoms with van der Waals surface area (Å²) in [6, 6.07) is 4.76. The topological polar surface area (TPSA) is 97.9 Å². The largest absolute Gasteiger partial charge is 0.418 e. The smallest absolute Gasteiger partial charge is 0.416 e. The van der Waals surface area contributed by atoms with E-state index in [4.69, 9.17) is 4.42 Å². The summed E-state index contributed by atoms with van der Waals surface area (Å²) in [5.74, 6) is 0.00140. The third kappa shape index (κ3) is 3.15. The minimum absolute atomic E-state index is 0.122. The number of amides is 1. The highest BCUT2D eigenvalue weighted by atomic mass is 19.4. The zero-order chi connectivity index (χ0) is 22.5. The molecule has 2 aromatic heterocycles. The van der Waals surface area contributed by atoms with Gasteiger partial charge in [-0.05, 0) is 43.5 Å². The second-order valence-electron chi connectivity index (χ2n) is 7.79. The van der Waals surface area contributed by atoms with Gasteiger partial charge in [-0.3, -0.25) is 9.48 Å². The Morgan fingerprint density at radius 3 is 2.69 bits per heavy atom. The summed E-state index contributed by atoms with van der Waals surface area (Å²) in [6.45, 7) is 4.94. The van der Waals surface area contributed by atoms with Crippen LogP contribution in [0.3, 0.4) is 0 Å². The standard InChI is InChI=1S/C21H19F3N6O2/c1-2-20(9-10-25-18(20)31)19-28-27-17(32-19)16-15(14-4-3-11-30(14)29-16)26-13-7-5-12(6-8-13)21(22,23)24/h2,5-8,26H,1,3-4,9-11H2,(H,25,31)/t20-/m1/s1. The number of hydrogen-bond acceptors (Lipinski definition) is 6. The maximum atomic E-state index is 12.9. The van der Waals surface area contributed by atoms with Crippen molar-refractivity contribution in [3.8, 4) is 11.6 Å². The van der Waals surface area contributed by atoms with Gasteiger partial charge in [0.1, 0.15) is 5.41 Å². The molecule has 2 aliphatic rings. The molecule has 2 N–H and O–H groups in total. The molecule has 1 atom stereocenters. The van der Waals surface area contributed by atoms with Gasteiger partial charge in [0.05, 0.1) is 16.9 Å². The predicted molar refractivity (Wildman–Crippen MR) is 108 cm³/mol. The van der Waals surface area contributed by atoms with E-state index in [0.29, 0.717) is 36.6 Å². The van der Waals surface area contributed by atoms with Crippen LogP contribution < -0.4 is 10.6 Å². The molecule has 0 spiro atoms. The van der Waals surface area contributed by atoms with Crippen molar-refractivity contribution in [1.29, 1.82) is 0 Å². The summed E-state index contributed by atoms with van der Waals surface area (Å²) >= 11 is 0. The van der Waals surface area contributed by atoms with Crippen LogP contribution in [-0.4, -0.2) is 32.4 Å². The van der Waals surface area contributed by atoms with Crippen molar-refractivity contribution < 1.29 is 22.4 Å². The molecular weight excluding hydrogens is 425 g/mol. The number of nitrogens with zero attached hydrogens (tertiary/aromatic N) is 4. The van der Waals surface area contributed by atoms with Crippen LogP contribution in [0.15, 0.2) is 41.3 Å². The van der Waals surface area contributed by atoms with Crippen LogP contribution in [0.5, 0.6) is 0 Å². The van der Waals surface area contributed by atoms with Gasteiger partial charge < -0.3 is 15.1 Å². The minimum Gasteiger partial charge on any atom is -0.418 e. The Hall–Kier alpha value is -3.63. The number of benzene rings is 1. The summed E-state index contributed by atoms with van der Waals surface area (Å²) in [5.41, 5.74) is 0.539. The zero-order valence-electron chi connectivity index (χ0n) is 16.9. The molecule has 0 saturated carbocycles. The van der Waals surface area contributed by atoms with Crippen LogP contribution in [0, 0.1) is 0 Å². The van der Waals surface area contributed by atoms with E-state index in [1.54, 1.807) is 0 Å². The highest BCUT2D eigenvalue weighted by molar-refractivity contribution is 5.91. The van der Waals surface area contributed by atoms with Crippen LogP contribution in [0.2, 0.25) is 0 Å². The van der Waals surface area contributed by atoms with Crippen molar-refractivity contribution in [2.45, 2.75) is 37.4 Å². The molecule has 0 radical (unpaired) electrons. The molecule has 1 amide bonds. The number of rotatable bonds is 5. The second kappa shape index (κ2) is 7.21. The molecular formula is C21H19F3N6O2. The van der Waals surface area contributed by atoms with E-state index in [0.717, 1.165) is 30.7 Å². The van der Waals surface area contributed by atoms with E-state index in [1.807, 2.05) is 4.68 Å². The quantitative estimate of drug-likeness (QED) is 0.584. The van der Waals surface area contributed by atoms with Crippen molar-refractivity contribution in [2.75, 3.05) is 11.9 Å². The van der Waals surface area contributed by atoms with E-state index in [9.17, 15) is 18.0 Å². The van der Waals surface area contributed by atoms with Crippen LogP contribution in [0.25, 0.3) is 11.6 Å². The van der Waals surface area contributed by atoms with E-state index >= 15 is 0 Å². The fraction of sp³-hybridized carbons (Fsp3) is 0.333. The summed E-state index contributed by atoms with van der Waals surface area (Å²) in [6.07, 6.45) is -0.806. The number of carbonyl (C=O) groups excluding carboxylic acids is 1. The molecule has 1 aromatic carbocycles. The Bertz CT molecular complexity index is 1200. The Kier molecular flexibility index (Phi) is 4.57. The summed E-state index contributed by atoms with van der Waals surface area (Å²) in [7, 11) is 0. The normalized spacial score (nSPS) is 20.3. The predicted octanol–water partition coefficient (Wildman–Crippen LogP) is 3.59. The Balaban J connectivity index is 1.51.